The summed E-state index contributed by atoms with van der Waals surface area (Å²) in [6.45, 7) is 6.79. The zero-order valence-electron chi connectivity index (χ0n) is 20.5. The first-order valence-corrected chi connectivity index (χ1v) is 11.9. The monoisotopic (exact) mass is 494 g/mol. The topological polar surface area (TPSA) is 78.9 Å². The van der Waals surface area contributed by atoms with E-state index in [1.165, 1.54) is 0 Å². The Morgan fingerprint density at radius 2 is 1.77 bits per heavy atom. The lowest BCUT2D eigenvalue weighted by atomic mass is 9.94. The van der Waals surface area contributed by atoms with E-state index in [2.05, 4.69) is 11.4 Å². The number of halogens is 1. The highest BCUT2D eigenvalue weighted by Crippen LogP contribution is 2.34. The number of methoxy groups -OCH3 is 1. The quantitative estimate of drug-likeness (QED) is 0.369. The van der Waals surface area contributed by atoms with Gasteiger partial charge in [-0.1, -0.05) is 53.6 Å². The highest BCUT2D eigenvalue weighted by molar-refractivity contribution is 6.30. The summed E-state index contributed by atoms with van der Waals surface area (Å²) in [4.78, 5) is 26.2. The smallest absolute Gasteiger partial charge is 0.318 e. The number of carboxylic acid groups (broad SMARTS) is 1. The fourth-order valence-electron chi connectivity index (χ4n) is 4.01. The van der Waals surface area contributed by atoms with Crippen LogP contribution in [0.5, 0.6) is 5.75 Å². The van der Waals surface area contributed by atoms with Gasteiger partial charge in [0.15, 0.2) is 0 Å². The second kappa shape index (κ2) is 11.8. The third-order valence-corrected chi connectivity index (χ3v) is 6.16. The average Bonchev–Trinajstić information content (AvgIpc) is 2.82. The lowest BCUT2D eigenvalue weighted by Gasteiger charge is -2.26. The lowest BCUT2D eigenvalue weighted by Crippen LogP contribution is -2.40. The van der Waals surface area contributed by atoms with Crippen LogP contribution in [0.2, 0.25) is 5.02 Å². The molecule has 7 heteroatoms. The number of carbonyl (C=O) groups excluding carboxylic acids is 1. The Morgan fingerprint density at radius 3 is 2.40 bits per heavy atom. The minimum atomic E-state index is -0.895. The number of hydrogen-bond acceptors (Lipinski definition) is 3. The van der Waals surface area contributed by atoms with Crippen LogP contribution in [0.1, 0.15) is 42.1 Å². The number of hydrogen-bond donors (Lipinski definition) is 2. The molecule has 2 N–H and O–H groups in total. The molecule has 1 atom stereocenters. The molecule has 6 nitrogen and oxygen atoms in total. The molecule has 0 aliphatic rings. The summed E-state index contributed by atoms with van der Waals surface area (Å²) in [5.41, 5.74) is 5.36. The van der Waals surface area contributed by atoms with E-state index in [0.29, 0.717) is 29.4 Å². The summed E-state index contributed by atoms with van der Waals surface area (Å²) in [7, 11) is 1.59. The number of ether oxygens (including phenoxy) is 1. The van der Waals surface area contributed by atoms with Crippen molar-refractivity contribution in [3.05, 3.63) is 87.9 Å². The van der Waals surface area contributed by atoms with Crippen LogP contribution in [0.3, 0.4) is 0 Å². The predicted molar refractivity (Wildman–Crippen MR) is 139 cm³/mol. The van der Waals surface area contributed by atoms with E-state index in [0.717, 1.165) is 27.8 Å². The van der Waals surface area contributed by atoms with Crippen LogP contribution in [-0.2, 0) is 17.8 Å². The molecule has 0 fully saturated rings. The van der Waals surface area contributed by atoms with Crippen molar-refractivity contribution in [2.45, 2.75) is 39.8 Å². The summed E-state index contributed by atoms with van der Waals surface area (Å²) in [5.74, 6) is -0.248. The highest BCUT2D eigenvalue weighted by atomic mass is 35.5. The molecule has 0 aromatic heterocycles. The van der Waals surface area contributed by atoms with Crippen molar-refractivity contribution in [2.75, 3.05) is 13.7 Å². The minimum absolute atomic E-state index is 0.0791. The fourth-order valence-corrected chi connectivity index (χ4v) is 4.14. The van der Waals surface area contributed by atoms with Crippen LogP contribution < -0.4 is 10.1 Å². The van der Waals surface area contributed by atoms with Gasteiger partial charge in [0.25, 0.3) is 0 Å². The summed E-state index contributed by atoms with van der Waals surface area (Å²) in [6, 6.07) is 18.5. The van der Waals surface area contributed by atoms with Gasteiger partial charge in [-0.3, -0.25) is 4.79 Å². The van der Waals surface area contributed by atoms with E-state index >= 15 is 0 Å². The van der Waals surface area contributed by atoms with Crippen molar-refractivity contribution >= 4 is 23.6 Å². The summed E-state index contributed by atoms with van der Waals surface area (Å²) < 4.78 is 5.58. The van der Waals surface area contributed by atoms with Gasteiger partial charge in [-0.2, -0.15) is 0 Å². The van der Waals surface area contributed by atoms with E-state index in [1.54, 1.807) is 24.1 Å². The van der Waals surface area contributed by atoms with Gasteiger partial charge in [0.2, 0.25) is 0 Å². The van der Waals surface area contributed by atoms with Crippen molar-refractivity contribution in [1.29, 1.82) is 0 Å². The summed E-state index contributed by atoms with van der Waals surface area (Å²) >= 11 is 5.99. The average molecular weight is 495 g/mol. The largest absolute Gasteiger partial charge is 0.496 e. The Hall–Kier alpha value is -3.51. The molecule has 3 aromatic carbocycles. The van der Waals surface area contributed by atoms with Crippen LogP contribution in [0.15, 0.2) is 60.7 Å². The molecular formula is C28H31ClN2O4. The Bertz CT molecular complexity index is 1190. The van der Waals surface area contributed by atoms with Crippen molar-refractivity contribution in [3.63, 3.8) is 0 Å². The van der Waals surface area contributed by atoms with E-state index in [1.807, 2.05) is 63.2 Å². The molecule has 3 rings (SSSR count). The number of rotatable bonds is 9. The van der Waals surface area contributed by atoms with Crippen molar-refractivity contribution in [3.8, 4) is 16.9 Å². The van der Waals surface area contributed by atoms with E-state index < -0.39 is 5.97 Å². The third-order valence-electron chi connectivity index (χ3n) is 5.91. The first-order chi connectivity index (χ1) is 16.7. The molecular weight excluding hydrogens is 464 g/mol. The second-order valence-electron chi connectivity index (χ2n) is 8.50. The van der Waals surface area contributed by atoms with Gasteiger partial charge in [-0.05, 0) is 67.3 Å². The Morgan fingerprint density at radius 1 is 1.06 bits per heavy atom. The molecule has 0 aliphatic carbocycles. The third kappa shape index (κ3) is 6.76. The molecule has 2 amide bonds. The second-order valence-corrected chi connectivity index (χ2v) is 8.94. The van der Waals surface area contributed by atoms with Gasteiger partial charge in [-0.15, -0.1) is 0 Å². The molecule has 0 unspecified atom stereocenters. The number of nitrogens with one attached hydrogen (secondary N) is 1. The summed E-state index contributed by atoms with van der Waals surface area (Å²) in [6.07, 6.45) is -0.0791. The SMILES string of the molecule is CCN(Cc1cc(C)ccc1-c1cc(CC(=O)O)ccc1OC)C(=O)N[C@H](C)c1ccc(Cl)cc1. The first kappa shape index (κ1) is 26.1. The zero-order valence-corrected chi connectivity index (χ0v) is 21.2. The molecule has 0 radical (unpaired) electrons. The maximum absolute atomic E-state index is 13.2. The van der Waals surface area contributed by atoms with E-state index in [-0.39, 0.29) is 18.5 Å². The van der Waals surface area contributed by atoms with Crippen molar-refractivity contribution in [2.24, 2.45) is 0 Å². The molecule has 0 heterocycles. The van der Waals surface area contributed by atoms with Gasteiger partial charge < -0.3 is 20.1 Å². The first-order valence-electron chi connectivity index (χ1n) is 11.5. The molecule has 35 heavy (non-hydrogen) atoms. The molecule has 0 saturated carbocycles. The predicted octanol–water partition coefficient (Wildman–Crippen LogP) is 6.24. The van der Waals surface area contributed by atoms with Crippen molar-refractivity contribution < 1.29 is 19.4 Å². The Balaban J connectivity index is 1.90. The zero-order chi connectivity index (χ0) is 25.5. The number of carbonyl (C=O) groups is 2. The van der Waals surface area contributed by atoms with E-state index in [4.69, 9.17) is 16.3 Å². The molecule has 0 saturated heterocycles. The molecule has 0 spiro atoms. The fraction of sp³-hybridized carbons (Fsp3) is 0.286. The summed E-state index contributed by atoms with van der Waals surface area (Å²) in [5, 5.41) is 13.0. The number of aryl methyl sites for hydroxylation is 1. The van der Waals surface area contributed by atoms with Crippen LogP contribution >= 0.6 is 11.6 Å². The van der Waals surface area contributed by atoms with Crippen LogP contribution in [0, 0.1) is 6.92 Å². The number of carboxylic acids is 1. The standard InChI is InChI=1S/C28H31ClN2O4/c1-5-31(28(34)30-19(3)21-8-10-23(29)11-9-21)17-22-14-18(2)6-12-24(22)25-15-20(16-27(32)33)7-13-26(25)35-4/h6-15,19H,5,16-17H2,1-4H3,(H,30,34)(H,32,33)/t19-/m1/s1. The maximum atomic E-state index is 13.2. The number of urea groups is 1. The van der Waals surface area contributed by atoms with Crippen LogP contribution in [0.4, 0.5) is 4.79 Å². The lowest BCUT2D eigenvalue weighted by molar-refractivity contribution is -0.136. The number of amides is 2. The molecule has 0 aliphatic heterocycles. The molecule has 3 aromatic rings. The van der Waals surface area contributed by atoms with Gasteiger partial charge >= 0.3 is 12.0 Å². The van der Waals surface area contributed by atoms with Gasteiger partial charge in [0.05, 0.1) is 19.6 Å². The van der Waals surface area contributed by atoms with Gasteiger partial charge in [0, 0.05) is 23.7 Å². The normalized spacial score (nSPS) is 11.6. The van der Waals surface area contributed by atoms with Crippen molar-refractivity contribution in [1.82, 2.24) is 10.2 Å². The number of aliphatic carboxylic acids is 1. The molecule has 0 bridgehead atoms. The number of nitrogens with zero attached hydrogens (tertiary/aromatic N) is 1. The maximum Gasteiger partial charge on any atom is 0.318 e. The Kier molecular flexibility index (Phi) is 8.77. The van der Waals surface area contributed by atoms with Crippen LogP contribution in [0.25, 0.3) is 11.1 Å². The van der Waals surface area contributed by atoms with Gasteiger partial charge in [0.1, 0.15) is 5.75 Å². The molecule has 184 valence electrons. The minimum Gasteiger partial charge on any atom is -0.496 e. The van der Waals surface area contributed by atoms with E-state index in [9.17, 15) is 14.7 Å². The van der Waals surface area contributed by atoms with Crippen LogP contribution in [-0.4, -0.2) is 35.7 Å². The number of benzene rings is 3. The van der Waals surface area contributed by atoms with Gasteiger partial charge in [-0.25, -0.2) is 4.79 Å². The highest BCUT2D eigenvalue weighted by Gasteiger charge is 2.19. The Labute approximate surface area is 211 Å².